The van der Waals surface area contributed by atoms with Crippen LogP contribution in [-0.4, -0.2) is 52.5 Å². The number of aromatic hydroxyl groups is 2. The number of phenols is 2. The van der Waals surface area contributed by atoms with Crippen LogP contribution in [0, 0.1) is 5.92 Å². The van der Waals surface area contributed by atoms with Crippen LogP contribution in [0.25, 0.3) is 0 Å². The van der Waals surface area contributed by atoms with E-state index >= 15 is 0 Å². The smallest absolute Gasteiger partial charge is 0.310 e. The molecule has 104 valence electrons. The van der Waals surface area contributed by atoms with Crippen LogP contribution in [0.3, 0.4) is 0 Å². The molecule has 0 bridgehead atoms. The third kappa shape index (κ3) is 2.97. The molecule has 3 N–H and O–H groups in total. The molecule has 0 radical (unpaired) electrons. The van der Waals surface area contributed by atoms with E-state index in [1.54, 1.807) is 13.1 Å². The Morgan fingerprint density at radius 1 is 1.42 bits per heavy atom. The molecule has 0 amide bonds. The summed E-state index contributed by atoms with van der Waals surface area (Å²) in [4.78, 5) is 12.9. The lowest BCUT2D eigenvalue weighted by molar-refractivity contribution is -0.143. The maximum Gasteiger partial charge on any atom is 0.310 e. The van der Waals surface area contributed by atoms with Crippen molar-refractivity contribution in [1.29, 1.82) is 0 Å². The molecule has 0 spiro atoms. The van der Waals surface area contributed by atoms with Crippen molar-refractivity contribution < 1.29 is 24.9 Å². The first kappa shape index (κ1) is 13.6. The standard InChI is InChI=1S/C13H17NO5/c1-14(11-7-19-6-10(11)13(17)18)5-8-2-3-9(15)4-12(8)16/h2-4,10-11,15-16H,5-7H2,1H3,(H,17,18). The van der Waals surface area contributed by atoms with Gasteiger partial charge in [0.05, 0.1) is 19.1 Å². The number of hydrogen-bond donors (Lipinski definition) is 3. The number of carbonyl (C=O) groups is 1. The highest BCUT2D eigenvalue weighted by Gasteiger charge is 2.36. The average molecular weight is 267 g/mol. The van der Waals surface area contributed by atoms with E-state index < -0.39 is 11.9 Å². The quantitative estimate of drug-likeness (QED) is 0.741. The van der Waals surface area contributed by atoms with Gasteiger partial charge in [-0.05, 0) is 13.1 Å². The molecule has 6 heteroatoms. The summed E-state index contributed by atoms with van der Waals surface area (Å²) in [5, 5.41) is 28.1. The first-order valence-electron chi connectivity index (χ1n) is 6.00. The van der Waals surface area contributed by atoms with Gasteiger partial charge in [0.2, 0.25) is 0 Å². The van der Waals surface area contributed by atoms with Gasteiger partial charge in [-0.1, -0.05) is 6.07 Å². The first-order valence-corrected chi connectivity index (χ1v) is 6.00. The number of benzene rings is 1. The first-order chi connectivity index (χ1) is 8.99. The number of carboxylic acid groups (broad SMARTS) is 1. The number of phenolic OH excluding ortho intramolecular Hbond substituents is 2. The second-order valence-electron chi connectivity index (χ2n) is 4.78. The molecule has 2 rings (SSSR count). The van der Waals surface area contributed by atoms with Gasteiger partial charge in [0.15, 0.2) is 0 Å². The van der Waals surface area contributed by atoms with E-state index in [0.717, 1.165) is 0 Å². The number of carboxylic acids is 1. The summed E-state index contributed by atoms with van der Waals surface area (Å²) in [5.41, 5.74) is 0.635. The molecule has 1 heterocycles. The number of rotatable bonds is 4. The van der Waals surface area contributed by atoms with Crippen LogP contribution < -0.4 is 0 Å². The van der Waals surface area contributed by atoms with Crippen molar-refractivity contribution in [3.8, 4) is 11.5 Å². The molecule has 1 aromatic carbocycles. The van der Waals surface area contributed by atoms with Gasteiger partial charge in [0, 0.05) is 24.2 Å². The van der Waals surface area contributed by atoms with Crippen molar-refractivity contribution in [1.82, 2.24) is 4.90 Å². The van der Waals surface area contributed by atoms with Crippen LogP contribution in [0.1, 0.15) is 5.56 Å². The number of ether oxygens (including phenoxy) is 1. The van der Waals surface area contributed by atoms with Crippen LogP contribution in [-0.2, 0) is 16.1 Å². The second kappa shape index (κ2) is 5.46. The van der Waals surface area contributed by atoms with Crippen LogP contribution in [0.5, 0.6) is 11.5 Å². The maximum atomic E-state index is 11.1. The Labute approximate surface area is 110 Å². The Bertz CT molecular complexity index is 476. The van der Waals surface area contributed by atoms with Crippen molar-refractivity contribution in [2.75, 3.05) is 20.3 Å². The van der Waals surface area contributed by atoms with Crippen molar-refractivity contribution in [2.45, 2.75) is 12.6 Å². The fourth-order valence-corrected chi connectivity index (χ4v) is 2.29. The number of likely N-dealkylation sites (N-methyl/N-ethyl adjacent to an activating group) is 1. The molecule has 2 atom stereocenters. The summed E-state index contributed by atoms with van der Waals surface area (Å²) < 4.78 is 5.21. The van der Waals surface area contributed by atoms with E-state index in [1.165, 1.54) is 12.1 Å². The summed E-state index contributed by atoms with van der Waals surface area (Å²) in [7, 11) is 1.79. The van der Waals surface area contributed by atoms with Gasteiger partial charge in [0.1, 0.15) is 11.5 Å². The predicted octanol–water partition coefficient (Wildman–Crippen LogP) is 0.629. The van der Waals surface area contributed by atoms with Gasteiger partial charge in [-0.15, -0.1) is 0 Å². The van der Waals surface area contributed by atoms with E-state index in [0.29, 0.717) is 18.7 Å². The van der Waals surface area contributed by atoms with E-state index in [4.69, 9.17) is 9.84 Å². The third-order valence-electron chi connectivity index (χ3n) is 3.42. The highest BCUT2D eigenvalue weighted by atomic mass is 16.5. The zero-order valence-corrected chi connectivity index (χ0v) is 10.6. The van der Waals surface area contributed by atoms with Crippen molar-refractivity contribution >= 4 is 5.97 Å². The van der Waals surface area contributed by atoms with Crippen molar-refractivity contribution in [3.63, 3.8) is 0 Å². The van der Waals surface area contributed by atoms with Crippen molar-refractivity contribution in [3.05, 3.63) is 23.8 Å². The molecule has 1 fully saturated rings. The monoisotopic (exact) mass is 267 g/mol. The SMILES string of the molecule is CN(Cc1ccc(O)cc1O)C1COCC1C(=O)O. The van der Waals surface area contributed by atoms with Gasteiger partial charge < -0.3 is 20.1 Å². The molecule has 2 unspecified atom stereocenters. The number of aliphatic carboxylic acids is 1. The summed E-state index contributed by atoms with van der Waals surface area (Å²) in [5.74, 6) is -1.43. The molecule has 1 aromatic rings. The Hall–Kier alpha value is -1.79. The lowest BCUT2D eigenvalue weighted by atomic mass is 10.0. The fourth-order valence-electron chi connectivity index (χ4n) is 2.29. The summed E-state index contributed by atoms with van der Waals surface area (Å²) in [6.07, 6.45) is 0. The Morgan fingerprint density at radius 2 is 2.16 bits per heavy atom. The maximum absolute atomic E-state index is 11.1. The van der Waals surface area contributed by atoms with Crippen LogP contribution >= 0.6 is 0 Å². The van der Waals surface area contributed by atoms with E-state index in [-0.39, 0.29) is 24.1 Å². The number of hydrogen-bond acceptors (Lipinski definition) is 5. The molecule has 19 heavy (non-hydrogen) atoms. The minimum atomic E-state index is -0.871. The minimum absolute atomic E-state index is 0.00218. The highest BCUT2D eigenvalue weighted by Crippen LogP contribution is 2.26. The minimum Gasteiger partial charge on any atom is -0.508 e. The van der Waals surface area contributed by atoms with Crippen LogP contribution in [0.2, 0.25) is 0 Å². The third-order valence-corrected chi connectivity index (χ3v) is 3.42. The Balaban J connectivity index is 2.08. The zero-order valence-electron chi connectivity index (χ0n) is 10.6. The predicted molar refractivity (Wildman–Crippen MR) is 67.0 cm³/mol. The molecule has 1 aliphatic rings. The van der Waals surface area contributed by atoms with Gasteiger partial charge in [-0.2, -0.15) is 0 Å². The van der Waals surface area contributed by atoms with Crippen LogP contribution in [0.4, 0.5) is 0 Å². The van der Waals surface area contributed by atoms with E-state index in [2.05, 4.69) is 0 Å². The molecule has 6 nitrogen and oxygen atoms in total. The Morgan fingerprint density at radius 3 is 2.79 bits per heavy atom. The molecule has 0 aliphatic carbocycles. The molecule has 1 saturated heterocycles. The molecule has 0 saturated carbocycles. The fraction of sp³-hybridized carbons (Fsp3) is 0.462. The Kier molecular flexibility index (Phi) is 3.92. The lowest BCUT2D eigenvalue weighted by Crippen LogP contribution is -2.40. The van der Waals surface area contributed by atoms with Crippen LogP contribution in [0.15, 0.2) is 18.2 Å². The highest BCUT2D eigenvalue weighted by molar-refractivity contribution is 5.71. The van der Waals surface area contributed by atoms with E-state index in [9.17, 15) is 15.0 Å². The topological polar surface area (TPSA) is 90.2 Å². The van der Waals surface area contributed by atoms with Gasteiger partial charge in [-0.3, -0.25) is 9.69 Å². The summed E-state index contributed by atoms with van der Waals surface area (Å²) >= 11 is 0. The van der Waals surface area contributed by atoms with Gasteiger partial charge in [-0.25, -0.2) is 0 Å². The largest absolute Gasteiger partial charge is 0.508 e. The molecule has 1 aliphatic heterocycles. The normalized spacial score (nSPS) is 22.8. The molecule has 0 aromatic heterocycles. The molecular weight excluding hydrogens is 250 g/mol. The summed E-state index contributed by atoms with van der Waals surface area (Å²) in [6.45, 7) is 0.974. The lowest BCUT2D eigenvalue weighted by Gasteiger charge is -2.26. The zero-order chi connectivity index (χ0) is 14.0. The molecular formula is C13H17NO5. The van der Waals surface area contributed by atoms with Gasteiger partial charge in [0.25, 0.3) is 0 Å². The second-order valence-corrected chi connectivity index (χ2v) is 4.78. The number of nitrogens with zero attached hydrogens (tertiary/aromatic N) is 1. The average Bonchev–Trinajstić information content (AvgIpc) is 2.82. The summed E-state index contributed by atoms with van der Waals surface area (Å²) in [6, 6.07) is 4.16. The van der Waals surface area contributed by atoms with Gasteiger partial charge >= 0.3 is 5.97 Å². The van der Waals surface area contributed by atoms with Crippen molar-refractivity contribution in [2.24, 2.45) is 5.92 Å². The van der Waals surface area contributed by atoms with E-state index in [1.807, 2.05) is 4.90 Å².